The number of amidine groups is 2. The lowest BCUT2D eigenvalue weighted by Crippen LogP contribution is -2.38. The number of aliphatic imine (C=N–C) groups is 1. The number of ether oxygens (including phenoxy) is 2. The molecule has 2 aliphatic heterocycles. The molecule has 162 valence electrons. The minimum absolute atomic E-state index is 0.0557. The van der Waals surface area contributed by atoms with Crippen molar-refractivity contribution in [1.82, 2.24) is 5.06 Å². The average molecular weight is 452 g/mol. The van der Waals surface area contributed by atoms with Crippen LogP contribution < -0.4 is 9.47 Å². The summed E-state index contributed by atoms with van der Waals surface area (Å²) < 4.78 is 11.1. The number of rotatable bonds is 5. The number of fused-ring (bicyclic) bond motifs is 1. The Kier molecular flexibility index (Phi) is 5.79. The number of benzene rings is 2. The number of halogens is 1. The lowest BCUT2D eigenvalue weighted by Gasteiger charge is -2.23. The zero-order valence-corrected chi connectivity index (χ0v) is 18.0. The molecule has 2 aromatic carbocycles. The summed E-state index contributed by atoms with van der Waals surface area (Å²) in [6, 6.07) is 11.4. The van der Waals surface area contributed by atoms with Crippen LogP contribution in [0.15, 0.2) is 64.9 Å². The SMILES string of the molecule is CCOc1cc(/C=C2/C(=N)N3OC(C)=CC3=NC2=O)ccc1OC(=O)c1ccccc1Cl. The van der Waals surface area contributed by atoms with Crippen molar-refractivity contribution in [2.45, 2.75) is 13.8 Å². The van der Waals surface area contributed by atoms with Crippen molar-refractivity contribution in [3.05, 3.63) is 76.0 Å². The van der Waals surface area contributed by atoms with Gasteiger partial charge in [-0.05, 0) is 49.8 Å². The van der Waals surface area contributed by atoms with Gasteiger partial charge in [0, 0.05) is 6.08 Å². The highest BCUT2D eigenvalue weighted by atomic mass is 35.5. The average Bonchev–Trinajstić information content (AvgIpc) is 3.13. The highest BCUT2D eigenvalue weighted by Crippen LogP contribution is 2.32. The number of allylic oxidation sites excluding steroid dienone is 1. The zero-order valence-electron chi connectivity index (χ0n) is 17.2. The number of carbonyl (C=O) groups excluding carboxylic acids is 2. The summed E-state index contributed by atoms with van der Waals surface area (Å²) in [5.74, 6) is 0.00609. The number of carbonyl (C=O) groups is 2. The summed E-state index contributed by atoms with van der Waals surface area (Å²) in [5, 5.41) is 9.78. The molecule has 0 spiro atoms. The smallest absolute Gasteiger partial charge is 0.345 e. The highest BCUT2D eigenvalue weighted by Gasteiger charge is 2.34. The molecule has 0 fully saturated rings. The van der Waals surface area contributed by atoms with Gasteiger partial charge >= 0.3 is 5.97 Å². The molecular weight excluding hydrogens is 434 g/mol. The van der Waals surface area contributed by atoms with Crippen LogP contribution >= 0.6 is 11.6 Å². The minimum atomic E-state index is -0.622. The van der Waals surface area contributed by atoms with E-state index < -0.39 is 11.9 Å². The van der Waals surface area contributed by atoms with Gasteiger partial charge in [-0.2, -0.15) is 4.99 Å². The van der Waals surface area contributed by atoms with Crippen molar-refractivity contribution < 1.29 is 23.9 Å². The Balaban J connectivity index is 1.62. The maximum absolute atomic E-state index is 12.5. The summed E-state index contributed by atoms with van der Waals surface area (Å²) in [6.45, 7) is 3.83. The first-order valence-corrected chi connectivity index (χ1v) is 10.1. The third-order valence-electron chi connectivity index (χ3n) is 4.56. The van der Waals surface area contributed by atoms with Crippen LogP contribution in [0.4, 0.5) is 0 Å². The molecule has 0 aliphatic carbocycles. The first-order valence-electron chi connectivity index (χ1n) is 9.71. The lowest BCUT2D eigenvalue weighted by atomic mass is 10.1. The van der Waals surface area contributed by atoms with E-state index in [2.05, 4.69) is 4.99 Å². The quantitative estimate of drug-likeness (QED) is 0.410. The maximum atomic E-state index is 12.5. The van der Waals surface area contributed by atoms with E-state index in [1.807, 2.05) is 0 Å². The van der Waals surface area contributed by atoms with Crippen molar-refractivity contribution in [3.63, 3.8) is 0 Å². The summed E-state index contributed by atoms with van der Waals surface area (Å²) in [7, 11) is 0. The van der Waals surface area contributed by atoms with Gasteiger partial charge in [0.25, 0.3) is 5.91 Å². The van der Waals surface area contributed by atoms with Crippen LogP contribution in [-0.4, -0.2) is 35.2 Å². The van der Waals surface area contributed by atoms with E-state index in [9.17, 15) is 9.59 Å². The fourth-order valence-corrected chi connectivity index (χ4v) is 3.33. The normalized spacial score (nSPS) is 16.3. The Hall–Kier alpha value is -3.91. The maximum Gasteiger partial charge on any atom is 0.345 e. The van der Waals surface area contributed by atoms with Gasteiger partial charge < -0.3 is 14.3 Å². The predicted octanol–water partition coefficient (Wildman–Crippen LogP) is 4.41. The van der Waals surface area contributed by atoms with E-state index in [-0.39, 0.29) is 33.6 Å². The van der Waals surface area contributed by atoms with Gasteiger partial charge in [-0.1, -0.05) is 29.8 Å². The van der Waals surface area contributed by atoms with Crippen molar-refractivity contribution in [2.24, 2.45) is 4.99 Å². The van der Waals surface area contributed by atoms with Crippen molar-refractivity contribution >= 4 is 41.2 Å². The molecule has 8 nitrogen and oxygen atoms in total. The molecule has 1 amide bonds. The van der Waals surface area contributed by atoms with E-state index in [1.54, 1.807) is 62.4 Å². The standard InChI is InChI=1S/C23H18ClN3O5/c1-3-30-19-12-14(8-9-18(19)31-23(29)15-6-4-5-7-17(15)24)11-16-21(25)27-20(26-22(16)28)10-13(2)32-27/h4-12,25H,3H2,1-2H3/b16-11-,25-21?. The van der Waals surface area contributed by atoms with Crippen molar-refractivity contribution in [3.8, 4) is 11.5 Å². The second-order valence-electron chi connectivity index (χ2n) is 6.83. The van der Waals surface area contributed by atoms with Gasteiger partial charge in [-0.3, -0.25) is 10.2 Å². The largest absolute Gasteiger partial charge is 0.490 e. The van der Waals surface area contributed by atoms with Crippen LogP contribution in [-0.2, 0) is 9.63 Å². The van der Waals surface area contributed by atoms with Gasteiger partial charge in [-0.25, -0.2) is 4.79 Å². The summed E-state index contributed by atoms with van der Waals surface area (Å²) in [6.07, 6.45) is 3.09. The van der Waals surface area contributed by atoms with E-state index in [0.29, 0.717) is 23.7 Å². The third-order valence-corrected chi connectivity index (χ3v) is 4.89. The second kappa shape index (κ2) is 8.68. The lowest BCUT2D eigenvalue weighted by molar-refractivity contribution is -0.114. The highest BCUT2D eigenvalue weighted by molar-refractivity contribution is 6.33. The number of amides is 1. The molecule has 32 heavy (non-hydrogen) atoms. The molecule has 2 aromatic rings. The molecule has 0 bridgehead atoms. The Labute approximate surface area is 188 Å². The molecular formula is C23H18ClN3O5. The van der Waals surface area contributed by atoms with Crippen molar-refractivity contribution in [2.75, 3.05) is 6.61 Å². The van der Waals surface area contributed by atoms with Gasteiger partial charge in [0.05, 0.1) is 22.8 Å². The molecule has 0 unspecified atom stereocenters. The van der Waals surface area contributed by atoms with E-state index in [4.69, 9.17) is 31.3 Å². The van der Waals surface area contributed by atoms with Crippen molar-refractivity contribution in [1.29, 1.82) is 5.41 Å². The minimum Gasteiger partial charge on any atom is -0.490 e. The number of hydrogen-bond acceptors (Lipinski definition) is 6. The molecule has 0 saturated heterocycles. The first-order chi connectivity index (χ1) is 15.4. The number of nitrogens with zero attached hydrogens (tertiary/aromatic N) is 2. The van der Waals surface area contributed by atoms with Crippen LogP contribution in [0.2, 0.25) is 5.02 Å². The molecule has 1 N–H and O–H groups in total. The van der Waals surface area contributed by atoms with Gasteiger partial charge in [0.15, 0.2) is 23.2 Å². The van der Waals surface area contributed by atoms with Gasteiger partial charge in [0.2, 0.25) is 0 Å². The molecule has 9 heteroatoms. The molecule has 2 aliphatic rings. The van der Waals surface area contributed by atoms with Gasteiger partial charge in [-0.15, -0.1) is 5.06 Å². The number of hydroxylamine groups is 2. The third kappa shape index (κ3) is 4.13. The monoisotopic (exact) mass is 451 g/mol. The fourth-order valence-electron chi connectivity index (χ4n) is 3.12. The molecule has 0 radical (unpaired) electrons. The van der Waals surface area contributed by atoms with E-state index in [0.717, 1.165) is 0 Å². The van der Waals surface area contributed by atoms with E-state index >= 15 is 0 Å². The molecule has 0 aromatic heterocycles. The van der Waals surface area contributed by atoms with Crippen LogP contribution in [0.5, 0.6) is 11.5 Å². The molecule has 0 atom stereocenters. The Bertz CT molecular complexity index is 1230. The van der Waals surface area contributed by atoms with Crippen LogP contribution in [0, 0.1) is 5.41 Å². The van der Waals surface area contributed by atoms with Crippen LogP contribution in [0.3, 0.4) is 0 Å². The molecule has 2 heterocycles. The fraction of sp³-hybridized carbons (Fsp3) is 0.130. The predicted molar refractivity (Wildman–Crippen MR) is 119 cm³/mol. The topological polar surface area (TPSA) is 101 Å². The zero-order chi connectivity index (χ0) is 22.8. The summed E-state index contributed by atoms with van der Waals surface area (Å²) >= 11 is 6.07. The first kappa shape index (κ1) is 21.3. The molecule has 4 rings (SSSR count). The Morgan fingerprint density at radius 1 is 1.25 bits per heavy atom. The number of esters is 1. The second-order valence-corrected chi connectivity index (χ2v) is 7.24. The number of hydrogen-bond donors (Lipinski definition) is 1. The summed E-state index contributed by atoms with van der Waals surface area (Å²) in [5.41, 5.74) is 0.842. The summed E-state index contributed by atoms with van der Waals surface area (Å²) in [4.78, 5) is 34.4. The molecule has 0 saturated carbocycles. The van der Waals surface area contributed by atoms with Gasteiger partial charge in [0.1, 0.15) is 5.76 Å². The number of nitrogens with one attached hydrogen (secondary N) is 1. The van der Waals surface area contributed by atoms with E-state index in [1.165, 1.54) is 11.1 Å². The Morgan fingerprint density at radius 3 is 2.78 bits per heavy atom. The van der Waals surface area contributed by atoms with Crippen LogP contribution in [0.25, 0.3) is 6.08 Å². The van der Waals surface area contributed by atoms with Crippen LogP contribution in [0.1, 0.15) is 29.8 Å². The Morgan fingerprint density at radius 2 is 2.03 bits per heavy atom.